The third-order valence-electron chi connectivity index (χ3n) is 4.73. The predicted octanol–water partition coefficient (Wildman–Crippen LogP) is 3.95. The van der Waals surface area contributed by atoms with Crippen molar-refractivity contribution in [2.24, 2.45) is 0 Å². The molecular formula is C23H26N2O4. The number of hydrogen-bond acceptors (Lipinski definition) is 5. The van der Waals surface area contributed by atoms with Crippen LogP contribution in [-0.4, -0.2) is 21.5 Å². The minimum absolute atomic E-state index is 0.0858. The van der Waals surface area contributed by atoms with E-state index in [4.69, 9.17) is 9.47 Å². The van der Waals surface area contributed by atoms with Gasteiger partial charge in [-0.05, 0) is 61.6 Å². The molecule has 0 saturated heterocycles. The van der Waals surface area contributed by atoms with Crippen LogP contribution in [0.1, 0.15) is 49.1 Å². The third-order valence-corrected chi connectivity index (χ3v) is 4.73. The molecular weight excluding hydrogens is 368 g/mol. The lowest BCUT2D eigenvalue weighted by Gasteiger charge is -2.16. The number of aryl methyl sites for hydroxylation is 2. The van der Waals surface area contributed by atoms with E-state index in [1.165, 1.54) is 16.0 Å². The van der Waals surface area contributed by atoms with Crippen molar-refractivity contribution >= 4 is 11.6 Å². The van der Waals surface area contributed by atoms with Gasteiger partial charge >= 0.3 is 5.97 Å². The molecule has 1 atom stereocenters. The van der Waals surface area contributed by atoms with Crippen LogP contribution in [0.2, 0.25) is 0 Å². The maximum absolute atomic E-state index is 12.3. The van der Waals surface area contributed by atoms with Crippen LogP contribution in [0.25, 0.3) is 5.65 Å². The molecule has 0 spiro atoms. The number of carbonyl (C=O) groups is 1. The number of esters is 1. The molecule has 0 radical (unpaired) electrons. The summed E-state index contributed by atoms with van der Waals surface area (Å²) in [6.07, 6.45) is 0.951. The molecule has 0 N–H and O–H groups in total. The minimum atomic E-state index is -0.775. The first-order valence-electron chi connectivity index (χ1n) is 9.67. The van der Waals surface area contributed by atoms with Gasteiger partial charge in [-0.3, -0.25) is 9.20 Å². The fourth-order valence-corrected chi connectivity index (χ4v) is 3.22. The summed E-state index contributed by atoms with van der Waals surface area (Å²) in [4.78, 5) is 28.9. The highest BCUT2D eigenvalue weighted by molar-refractivity contribution is 5.74. The minimum Gasteiger partial charge on any atom is -0.479 e. The summed E-state index contributed by atoms with van der Waals surface area (Å²) in [5, 5.41) is 0. The van der Waals surface area contributed by atoms with E-state index in [-0.39, 0.29) is 12.2 Å². The molecule has 29 heavy (non-hydrogen) atoms. The fourth-order valence-electron chi connectivity index (χ4n) is 3.22. The molecule has 1 aromatic carbocycles. The predicted molar refractivity (Wildman–Crippen MR) is 111 cm³/mol. The second-order valence-corrected chi connectivity index (χ2v) is 7.56. The van der Waals surface area contributed by atoms with Crippen molar-refractivity contribution in [3.8, 4) is 5.75 Å². The van der Waals surface area contributed by atoms with E-state index in [0.29, 0.717) is 23.0 Å². The monoisotopic (exact) mass is 394 g/mol. The van der Waals surface area contributed by atoms with Crippen LogP contribution in [0, 0.1) is 13.8 Å². The van der Waals surface area contributed by atoms with Crippen molar-refractivity contribution in [3.63, 3.8) is 0 Å². The van der Waals surface area contributed by atoms with Gasteiger partial charge in [0.15, 0.2) is 6.10 Å². The summed E-state index contributed by atoms with van der Waals surface area (Å²) < 4.78 is 12.5. The van der Waals surface area contributed by atoms with E-state index in [1.54, 1.807) is 19.2 Å². The highest BCUT2D eigenvalue weighted by atomic mass is 16.6. The Bertz CT molecular complexity index is 1100. The van der Waals surface area contributed by atoms with Gasteiger partial charge in [0, 0.05) is 12.3 Å². The van der Waals surface area contributed by atoms with Crippen molar-refractivity contribution in [2.75, 3.05) is 0 Å². The van der Waals surface area contributed by atoms with Crippen molar-refractivity contribution in [3.05, 3.63) is 75.3 Å². The summed E-state index contributed by atoms with van der Waals surface area (Å²) in [6.45, 7) is 9.75. The second-order valence-electron chi connectivity index (χ2n) is 7.56. The summed E-state index contributed by atoms with van der Waals surface area (Å²) in [7, 11) is 0. The van der Waals surface area contributed by atoms with Crippen LogP contribution < -0.4 is 10.3 Å². The molecule has 0 fully saturated rings. The Morgan fingerprint density at radius 2 is 1.86 bits per heavy atom. The van der Waals surface area contributed by atoms with Gasteiger partial charge < -0.3 is 9.47 Å². The number of benzene rings is 1. The Labute approximate surface area is 170 Å². The summed E-state index contributed by atoms with van der Waals surface area (Å²) in [5.41, 5.74) is 4.03. The van der Waals surface area contributed by atoms with E-state index < -0.39 is 12.1 Å². The van der Waals surface area contributed by atoms with Crippen molar-refractivity contribution in [1.29, 1.82) is 0 Å². The van der Waals surface area contributed by atoms with Gasteiger partial charge in [0.05, 0.1) is 5.69 Å². The highest BCUT2D eigenvalue weighted by Crippen LogP contribution is 2.24. The lowest BCUT2D eigenvalue weighted by Crippen LogP contribution is -2.26. The quantitative estimate of drug-likeness (QED) is 0.592. The molecule has 3 rings (SSSR count). The maximum Gasteiger partial charge on any atom is 0.347 e. The molecule has 6 heteroatoms. The number of aromatic nitrogens is 2. The topological polar surface area (TPSA) is 69.9 Å². The van der Waals surface area contributed by atoms with Crippen LogP contribution in [0.15, 0.2) is 47.4 Å². The molecule has 0 aliphatic heterocycles. The molecule has 152 valence electrons. The van der Waals surface area contributed by atoms with Crippen LogP contribution in [-0.2, 0) is 16.1 Å². The van der Waals surface area contributed by atoms with Crippen LogP contribution >= 0.6 is 0 Å². The van der Waals surface area contributed by atoms with Gasteiger partial charge in [-0.1, -0.05) is 26.0 Å². The first-order chi connectivity index (χ1) is 13.7. The van der Waals surface area contributed by atoms with E-state index in [0.717, 1.165) is 11.1 Å². The number of ether oxygens (including phenoxy) is 2. The van der Waals surface area contributed by atoms with Crippen LogP contribution in [0.4, 0.5) is 0 Å². The van der Waals surface area contributed by atoms with Gasteiger partial charge in [-0.25, -0.2) is 9.78 Å². The molecule has 0 aliphatic rings. The molecule has 0 amide bonds. The molecule has 6 nitrogen and oxygen atoms in total. The summed E-state index contributed by atoms with van der Waals surface area (Å²) in [6, 6.07) is 10.8. The zero-order valence-electron chi connectivity index (χ0n) is 17.4. The number of hydrogen-bond donors (Lipinski definition) is 0. The van der Waals surface area contributed by atoms with Gasteiger partial charge in [-0.15, -0.1) is 0 Å². The van der Waals surface area contributed by atoms with Crippen molar-refractivity contribution < 1.29 is 14.3 Å². The molecule has 2 heterocycles. The Morgan fingerprint density at radius 3 is 2.55 bits per heavy atom. The van der Waals surface area contributed by atoms with Gasteiger partial charge in [0.2, 0.25) is 0 Å². The molecule has 0 saturated carbocycles. The average molecular weight is 394 g/mol. The van der Waals surface area contributed by atoms with Gasteiger partial charge in [-0.2, -0.15) is 0 Å². The van der Waals surface area contributed by atoms with Crippen molar-refractivity contribution in [1.82, 2.24) is 9.38 Å². The Morgan fingerprint density at radius 1 is 1.10 bits per heavy atom. The molecule has 0 aliphatic carbocycles. The number of nitrogens with zero attached hydrogens (tertiary/aromatic N) is 2. The molecule has 0 unspecified atom stereocenters. The number of rotatable bonds is 6. The zero-order chi connectivity index (χ0) is 21.1. The Kier molecular flexibility index (Phi) is 6.01. The lowest BCUT2D eigenvalue weighted by atomic mass is 9.98. The fraction of sp³-hybridized carbons (Fsp3) is 0.348. The first kappa shape index (κ1) is 20.6. The highest BCUT2D eigenvalue weighted by Gasteiger charge is 2.18. The van der Waals surface area contributed by atoms with E-state index in [1.807, 2.05) is 38.1 Å². The van der Waals surface area contributed by atoms with Crippen LogP contribution in [0.5, 0.6) is 5.75 Å². The average Bonchev–Trinajstić information content (AvgIpc) is 2.66. The van der Waals surface area contributed by atoms with Crippen LogP contribution in [0.3, 0.4) is 0 Å². The van der Waals surface area contributed by atoms with E-state index in [9.17, 15) is 9.59 Å². The Hall–Kier alpha value is -3.15. The van der Waals surface area contributed by atoms with E-state index in [2.05, 4.69) is 18.8 Å². The summed E-state index contributed by atoms with van der Waals surface area (Å²) in [5.74, 6) is 0.532. The smallest absolute Gasteiger partial charge is 0.347 e. The Balaban J connectivity index is 1.64. The molecule has 3 aromatic rings. The van der Waals surface area contributed by atoms with Crippen molar-refractivity contribution in [2.45, 2.75) is 53.2 Å². The van der Waals surface area contributed by atoms with E-state index >= 15 is 0 Å². The lowest BCUT2D eigenvalue weighted by molar-refractivity contribution is -0.152. The number of pyridine rings is 1. The van der Waals surface area contributed by atoms with Gasteiger partial charge in [0.1, 0.15) is 18.0 Å². The first-order valence-corrected chi connectivity index (χ1v) is 9.67. The maximum atomic E-state index is 12.3. The SMILES string of the molecule is Cc1ccc2nc(COC(=O)[C@H](C)Oc3ccc(C(C)C)c(C)c3)cc(=O)n2c1. The number of carbonyl (C=O) groups excluding carboxylic acids is 1. The zero-order valence-corrected chi connectivity index (χ0v) is 17.4. The molecule has 2 aromatic heterocycles. The normalized spacial score (nSPS) is 12.2. The second kappa shape index (κ2) is 8.47. The number of fused-ring (bicyclic) bond motifs is 1. The largest absolute Gasteiger partial charge is 0.479 e. The third kappa shape index (κ3) is 4.83. The van der Waals surface area contributed by atoms with Gasteiger partial charge in [0.25, 0.3) is 5.56 Å². The standard InChI is InChI=1S/C23H26N2O4/c1-14(2)20-8-7-19(10-16(20)4)29-17(5)23(27)28-13-18-11-22(26)25-12-15(3)6-9-21(25)24-18/h6-12,14,17H,13H2,1-5H3/t17-/m0/s1. The summed E-state index contributed by atoms with van der Waals surface area (Å²) >= 11 is 0. The molecule has 0 bridgehead atoms.